The zero-order valence-corrected chi connectivity index (χ0v) is 11.9. The quantitative estimate of drug-likeness (QED) is 0.890. The Morgan fingerprint density at radius 1 is 1.56 bits per heavy atom. The molecule has 2 unspecified atom stereocenters. The molecule has 1 saturated carbocycles. The van der Waals surface area contributed by atoms with Gasteiger partial charge in [0.15, 0.2) is 0 Å². The first kappa shape index (κ1) is 13.6. The second-order valence-corrected chi connectivity index (χ2v) is 6.41. The van der Waals surface area contributed by atoms with Gasteiger partial charge < -0.3 is 9.67 Å². The summed E-state index contributed by atoms with van der Waals surface area (Å²) in [7, 11) is 4.10. The van der Waals surface area contributed by atoms with Crippen LogP contribution in [0.15, 0.2) is 12.4 Å². The molecule has 1 N–H and O–H groups in total. The van der Waals surface area contributed by atoms with E-state index in [1.807, 2.05) is 24.0 Å². The molecule has 0 bridgehead atoms. The van der Waals surface area contributed by atoms with Crippen molar-refractivity contribution >= 4 is 0 Å². The average Bonchev–Trinajstić information content (AvgIpc) is 2.68. The fraction of sp³-hybridized carbons (Fsp3) is 0.786. The lowest BCUT2D eigenvalue weighted by Gasteiger charge is -2.42. The lowest BCUT2D eigenvalue weighted by Crippen LogP contribution is -2.47. The molecular formula is C14H25N3O. The van der Waals surface area contributed by atoms with Crippen LogP contribution in [0.1, 0.15) is 38.9 Å². The third kappa shape index (κ3) is 2.93. The highest BCUT2D eigenvalue weighted by Crippen LogP contribution is 2.37. The number of aromatic nitrogens is 2. The highest BCUT2D eigenvalue weighted by atomic mass is 16.3. The molecule has 0 aliphatic heterocycles. The maximum Gasteiger partial charge on any atom is 0.122 e. The molecule has 0 saturated heterocycles. The molecule has 1 aromatic rings. The van der Waals surface area contributed by atoms with Crippen LogP contribution in [0.4, 0.5) is 0 Å². The van der Waals surface area contributed by atoms with Gasteiger partial charge in [0.1, 0.15) is 5.82 Å². The Balaban J connectivity index is 2.03. The van der Waals surface area contributed by atoms with Gasteiger partial charge in [-0.25, -0.2) is 4.98 Å². The van der Waals surface area contributed by atoms with E-state index in [4.69, 9.17) is 0 Å². The molecule has 2 rings (SSSR count). The third-order valence-corrected chi connectivity index (χ3v) is 4.20. The molecule has 0 aromatic carbocycles. The zero-order valence-electron chi connectivity index (χ0n) is 11.9. The summed E-state index contributed by atoms with van der Waals surface area (Å²) in [5.41, 5.74) is 0.333. The Hall–Kier alpha value is -0.870. The minimum Gasteiger partial charge on any atom is -0.391 e. The Bertz CT molecular complexity index is 399. The van der Waals surface area contributed by atoms with Gasteiger partial charge in [0.25, 0.3) is 0 Å². The van der Waals surface area contributed by atoms with Crippen LogP contribution in [0.25, 0.3) is 0 Å². The van der Waals surface area contributed by atoms with Gasteiger partial charge in [0, 0.05) is 25.5 Å². The fourth-order valence-corrected chi connectivity index (χ4v) is 2.87. The maximum atomic E-state index is 10.2. The second-order valence-electron chi connectivity index (χ2n) is 6.41. The van der Waals surface area contributed by atoms with E-state index in [2.05, 4.69) is 30.8 Å². The van der Waals surface area contributed by atoms with Crippen molar-refractivity contribution in [3.8, 4) is 0 Å². The van der Waals surface area contributed by atoms with Crippen LogP contribution in [0.2, 0.25) is 0 Å². The van der Waals surface area contributed by atoms with Crippen molar-refractivity contribution in [2.24, 2.45) is 12.5 Å². The summed E-state index contributed by atoms with van der Waals surface area (Å²) in [5, 5.41) is 10.2. The van der Waals surface area contributed by atoms with Crippen molar-refractivity contribution in [1.82, 2.24) is 14.5 Å². The average molecular weight is 251 g/mol. The molecule has 0 amide bonds. The molecule has 4 nitrogen and oxygen atoms in total. The molecule has 18 heavy (non-hydrogen) atoms. The zero-order chi connectivity index (χ0) is 13.3. The Morgan fingerprint density at radius 3 is 2.89 bits per heavy atom. The van der Waals surface area contributed by atoms with Crippen LogP contribution < -0.4 is 0 Å². The van der Waals surface area contributed by atoms with Crippen LogP contribution in [-0.2, 0) is 13.6 Å². The summed E-state index contributed by atoms with van der Waals surface area (Å²) >= 11 is 0. The molecule has 1 aliphatic carbocycles. The predicted molar refractivity (Wildman–Crippen MR) is 72.1 cm³/mol. The number of hydrogen-bond acceptors (Lipinski definition) is 3. The van der Waals surface area contributed by atoms with E-state index in [1.54, 1.807) is 0 Å². The molecule has 0 radical (unpaired) electrons. The smallest absolute Gasteiger partial charge is 0.122 e. The van der Waals surface area contributed by atoms with Crippen molar-refractivity contribution < 1.29 is 5.11 Å². The van der Waals surface area contributed by atoms with Gasteiger partial charge in [-0.2, -0.15) is 0 Å². The topological polar surface area (TPSA) is 41.3 Å². The number of hydrogen-bond donors (Lipinski definition) is 1. The van der Waals surface area contributed by atoms with Crippen LogP contribution in [0.3, 0.4) is 0 Å². The van der Waals surface area contributed by atoms with Gasteiger partial charge in [-0.3, -0.25) is 4.90 Å². The van der Waals surface area contributed by atoms with Crippen LogP contribution in [0.5, 0.6) is 0 Å². The number of likely N-dealkylation sites (N-methyl/N-ethyl adjacent to an activating group) is 1. The molecule has 1 aromatic heterocycles. The summed E-state index contributed by atoms with van der Waals surface area (Å²) in [4.78, 5) is 6.60. The second kappa shape index (κ2) is 5.02. The summed E-state index contributed by atoms with van der Waals surface area (Å²) in [6.07, 6.45) is 6.65. The predicted octanol–water partition coefficient (Wildman–Crippen LogP) is 1.79. The monoisotopic (exact) mass is 251 g/mol. The minimum absolute atomic E-state index is 0.205. The molecule has 1 heterocycles. The first-order valence-electron chi connectivity index (χ1n) is 6.73. The number of rotatable bonds is 3. The van der Waals surface area contributed by atoms with E-state index in [0.717, 1.165) is 31.6 Å². The van der Waals surface area contributed by atoms with Crippen molar-refractivity contribution in [2.45, 2.75) is 51.8 Å². The van der Waals surface area contributed by atoms with Gasteiger partial charge in [0.2, 0.25) is 0 Å². The normalized spacial score (nSPS) is 27.7. The number of aryl methyl sites for hydroxylation is 1. The van der Waals surface area contributed by atoms with Gasteiger partial charge in [0.05, 0.1) is 12.6 Å². The molecule has 4 heteroatoms. The van der Waals surface area contributed by atoms with Gasteiger partial charge in [-0.15, -0.1) is 0 Å². The number of imidazole rings is 1. The molecule has 1 fully saturated rings. The van der Waals surface area contributed by atoms with E-state index in [1.165, 1.54) is 0 Å². The van der Waals surface area contributed by atoms with Crippen molar-refractivity contribution in [3.05, 3.63) is 18.2 Å². The lowest BCUT2D eigenvalue weighted by molar-refractivity contribution is -0.0112. The van der Waals surface area contributed by atoms with Crippen LogP contribution in [0, 0.1) is 5.41 Å². The summed E-state index contributed by atoms with van der Waals surface area (Å²) in [6.45, 7) is 5.38. The number of aliphatic hydroxyl groups is 1. The first-order chi connectivity index (χ1) is 8.39. The highest BCUT2D eigenvalue weighted by Gasteiger charge is 2.36. The molecule has 1 aliphatic rings. The Kier molecular flexibility index (Phi) is 3.78. The van der Waals surface area contributed by atoms with E-state index in [9.17, 15) is 5.11 Å². The Morgan fingerprint density at radius 2 is 2.28 bits per heavy atom. The maximum absolute atomic E-state index is 10.2. The van der Waals surface area contributed by atoms with Crippen LogP contribution >= 0.6 is 0 Å². The summed E-state index contributed by atoms with van der Waals surface area (Å²) < 4.78 is 2.04. The lowest BCUT2D eigenvalue weighted by atomic mass is 9.73. The minimum atomic E-state index is -0.205. The number of nitrogens with zero attached hydrogens (tertiary/aromatic N) is 3. The van der Waals surface area contributed by atoms with E-state index >= 15 is 0 Å². The first-order valence-corrected chi connectivity index (χ1v) is 6.73. The van der Waals surface area contributed by atoms with E-state index in [-0.39, 0.29) is 12.1 Å². The van der Waals surface area contributed by atoms with Gasteiger partial charge in [-0.05, 0) is 31.7 Å². The fourth-order valence-electron chi connectivity index (χ4n) is 2.87. The van der Waals surface area contributed by atoms with Crippen LogP contribution in [-0.4, -0.2) is 38.8 Å². The van der Waals surface area contributed by atoms with Crippen molar-refractivity contribution in [2.75, 3.05) is 7.05 Å². The Labute approximate surface area is 110 Å². The van der Waals surface area contributed by atoms with Gasteiger partial charge >= 0.3 is 0 Å². The molecular weight excluding hydrogens is 226 g/mol. The molecule has 0 spiro atoms. The highest BCUT2D eigenvalue weighted by molar-refractivity contribution is 4.95. The third-order valence-electron chi connectivity index (χ3n) is 4.20. The van der Waals surface area contributed by atoms with E-state index < -0.39 is 0 Å². The molecule has 102 valence electrons. The van der Waals surface area contributed by atoms with Gasteiger partial charge in [-0.1, -0.05) is 13.8 Å². The SMILES string of the molecule is CN(Cc1nccn1C)C1CC(C)(C)CCC1O. The standard InChI is InChI=1S/C14H25N3O/c1-14(2)6-5-12(18)11(9-14)17(4)10-13-15-7-8-16(13)3/h7-8,11-12,18H,5-6,9-10H2,1-4H3. The number of aliphatic hydroxyl groups excluding tert-OH is 1. The van der Waals surface area contributed by atoms with Crippen molar-refractivity contribution in [1.29, 1.82) is 0 Å². The summed E-state index contributed by atoms with van der Waals surface area (Å²) in [6, 6.07) is 0.241. The van der Waals surface area contributed by atoms with E-state index in [0.29, 0.717) is 5.41 Å². The van der Waals surface area contributed by atoms with Crippen molar-refractivity contribution in [3.63, 3.8) is 0 Å². The molecule has 2 atom stereocenters. The largest absolute Gasteiger partial charge is 0.391 e. The summed E-state index contributed by atoms with van der Waals surface area (Å²) in [5.74, 6) is 1.05.